The summed E-state index contributed by atoms with van der Waals surface area (Å²) in [5, 5.41) is 2.92. The molecular formula is C14H19N3O. The van der Waals surface area contributed by atoms with Crippen LogP contribution in [0.2, 0.25) is 0 Å². The van der Waals surface area contributed by atoms with Gasteiger partial charge in [-0.1, -0.05) is 32.0 Å². The van der Waals surface area contributed by atoms with Gasteiger partial charge in [0.1, 0.15) is 0 Å². The van der Waals surface area contributed by atoms with Crippen LogP contribution >= 0.6 is 0 Å². The highest BCUT2D eigenvalue weighted by Gasteiger charge is 2.05. The van der Waals surface area contributed by atoms with Crippen molar-refractivity contribution >= 4 is 11.9 Å². The van der Waals surface area contributed by atoms with Crippen LogP contribution in [0, 0.1) is 6.92 Å². The van der Waals surface area contributed by atoms with Crippen molar-refractivity contribution in [3.8, 4) is 0 Å². The Balaban J connectivity index is 0.000000771. The summed E-state index contributed by atoms with van der Waals surface area (Å²) in [7, 11) is 1.69. The summed E-state index contributed by atoms with van der Waals surface area (Å²) < 4.78 is 1.45. The van der Waals surface area contributed by atoms with Gasteiger partial charge in [0.05, 0.1) is 11.3 Å². The van der Waals surface area contributed by atoms with Gasteiger partial charge < -0.3 is 0 Å². The molecular weight excluding hydrogens is 226 g/mol. The van der Waals surface area contributed by atoms with Crippen LogP contribution in [0.3, 0.4) is 0 Å². The minimum atomic E-state index is -0.0582. The molecule has 0 atom stereocenters. The predicted molar refractivity (Wildman–Crippen MR) is 75.8 cm³/mol. The molecule has 96 valence electrons. The average molecular weight is 245 g/mol. The summed E-state index contributed by atoms with van der Waals surface area (Å²) >= 11 is 0. The Morgan fingerprint density at radius 1 is 1.22 bits per heavy atom. The van der Waals surface area contributed by atoms with Crippen molar-refractivity contribution < 1.29 is 0 Å². The fourth-order valence-corrected chi connectivity index (χ4v) is 1.51. The molecule has 0 aliphatic rings. The van der Waals surface area contributed by atoms with E-state index < -0.39 is 0 Å². The first-order valence-electron chi connectivity index (χ1n) is 6.03. The molecule has 0 amide bonds. The number of aryl methyl sites for hydroxylation is 2. The molecule has 0 saturated heterocycles. The maximum atomic E-state index is 11.7. The SMILES string of the molecule is CC.Cc1[nH]n(C)c(=O)c1C=Nc1ccccc1. The Bertz CT molecular complexity index is 564. The molecule has 0 unspecified atom stereocenters. The highest BCUT2D eigenvalue weighted by molar-refractivity contribution is 5.82. The summed E-state index contributed by atoms with van der Waals surface area (Å²) in [5.74, 6) is 0. The summed E-state index contributed by atoms with van der Waals surface area (Å²) in [4.78, 5) is 15.9. The van der Waals surface area contributed by atoms with Gasteiger partial charge in [-0.05, 0) is 19.1 Å². The Hall–Kier alpha value is -2.10. The fraction of sp³-hybridized carbons (Fsp3) is 0.286. The molecule has 0 radical (unpaired) electrons. The van der Waals surface area contributed by atoms with E-state index in [9.17, 15) is 4.79 Å². The fourth-order valence-electron chi connectivity index (χ4n) is 1.51. The Labute approximate surface area is 107 Å². The standard InChI is InChI=1S/C12H13N3O.C2H6/c1-9-11(12(16)15(2)14-9)8-13-10-6-4-3-5-7-10;1-2/h3-8,14H,1-2H3;1-2H3. The molecule has 2 rings (SSSR count). The van der Waals surface area contributed by atoms with Gasteiger partial charge in [-0.3, -0.25) is 19.6 Å². The van der Waals surface area contributed by atoms with Crippen molar-refractivity contribution in [2.75, 3.05) is 0 Å². The van der Waals surface area contributed by atoms with E-state index in [1.54, 1.807) is 13.3 Å². The first-order chi connectivity index (χ1) is 8.68. The molecule has 4 nitrogen and oxygen atoms in total. The number of nitrogens with one attached hydrogen (secondary N) is 1. The second kappa shape index (κ2) is 6.59. The second-order valence-electron chi connectivity index (χ2n) is 3.61. The van der Waals surface area contributed by atoms with Crippen LogP contribution in [0.1, 0.15) is 25.1 Å². The molecule has 1 N–H and O–H groups in total. The number of hydrogen-bond acceptors (Lipinski definition) is 2. The van der Waals surface area contributed by atoms with Crippen molar-refractivity contribution in [3.05, 3.63) is 51.9 Å². The van der Waals surface area contributed by atoms with E-state index in [4.69, 9.17) is 0 Å². The third-order valence-corrected chi connectivity index (χ3v) is 2.37. The average Bonchev–Trinajstić information content (AvgIpc) is 2.65. The smallest absolute Gasteiger partial charge is 0.275 e. The van der Waals surface area contributed by atoms with Gasteiger partial charge in [0.15, 0.2) is 0 Å². The van der Waals surface area contributed by atoms with Gasteiger partial charge in [-0.2, -0.15) is 0 Å². The van der Waals surface area contributed by atoms with E-state index in [-0.39, 0.29) is 5.56 Å². The highest BCUT2D eigenvalue weighted by atomic mass is 16.1. The zero-order valence-electron chi connectivity index (χ0n) is 11.3. The van der Waals surface area contributed by atoms with Crippen LogP contribution in [0.4, 0.5) is 5.69 Å². The van der Waals surface area contributed by atoms with Gasteiger partial charge in [0, 0.05) is 19.0 Å². The molecule has 1 heterocycles. The van der Waals surface area contributed by atoms with E-state index in [2.05, 4.69) is 10.1 Å². The predicted octanol–water partition coefficient (Wildman–Crippen LogP) is 2.80. The largest absolute Gasteiger partial charge is 0.300 e. The molecule has 0 fully saturated rings. The number of rotatable bonds is 2. The topological polar surface area (TPSA) is 50.1 Å². The first kappa shape index (κ1) is 14.0. The summed E-state index contributed by atoms with van der Waals surface area (Å²) in [6.07, 6.45) is 1.60. The zero-order chi connectivity index (χ0) is 13.5. The number of para-hydroxylation sites is 1. The van der Waals surface area contributed by atoms with Crippen molar-refractivity contribution in [2.24, 2.45) is 12.0 Å². The first-order valence-corrected chi connectivity index (χ1v) is 6.03. The van der Waals surface area contributed by atoms with Crippen molar-refractivity contribution in [3.63, 3.8) is 0 Å². The van der Waals surface area contributed by atoms with Crippen LogP contribution in [0.25, 0.3) is 0 Å². The van der Waals surface area contributed by atoms with Gasteiger partial charge in [-0.15, -0.1) is 0 Å². The van der Waals surface area contributed by atoms with Crippen LogP contribution in [0.15, 0.2) is 40.1 Å². The van der Waals surface area contributed by atoms with E-state index >= 15 is 0 Å². The Morgan fingerprint density at radius 3 is 2.33 bits per heavy atom. The monoisotopic (exact) mass is 245 g/mol. The van der Waals surface area contributed by atoms with Crippen molar-refractivity contribution in [2.45, 2.75) is 20.8 Å². The normalized spacial score (nSPS) is 10.2. The lowest BCUT2D eigenvalue weighted by atomic mass is 10.3. The summed E-state index contributed by atoms with van der Waals surface area (Å²) in [5.41, 5.74) is 2.21. The van der Waals surface area contributed by atoms with Crippen LogP contribution in [-0.2, 0) is 7.05 Å². The highest BCUT2D eigenvalue weighted by Crippen LogP contribution is 2.09. The van der Waals surface area contributed by atoms with Crippen LogP contribution in [0.5, 0.6) is 0 Å². The van der Waals surface area contributed by atoms with Crippen molar-refractivity contribution in [1.82, 2.24) is 9.78 Å². The third kappa shape index (κ3) is 3.20. The van der Waals surface area contributed by atoms with Gasteiger partial charge in [-0.25, -0.2) is 0 Å². The molecule has 1 aromatic carbocycles. The molecule has 18 heavy (non-hydrogen) atoms. The number of hydrogen-bond donors (Lipinski definition) is 1. The quantitative estimate of drug-likeness (QED) is 0.813. The lowest BCUT2D eigenvalue weighted by Crippen LogP contribution is -2.14. The number of H-pyrrole nitrogens is 1. The third-order valence-electron chi connectivity index (χ3n) is 2.37. The minimum Gasteiger partial charge on any atom is -0.300 e. The van der Waals surface area contributed by atoms with E-state index in [1.165, 1.54) is 4.68 Å². The zero-order valence-corrected chi connectivity index (χ0v) is 11.3. The number of aromatic amines is 1. The Kier molecular flexibility index (Phi) is 5.11. The number of aliphatic imine (C=N–C) groups is 1. The minimum absolute atomic E-state index is 0.0582. The van der Waals surface area contributed by atoms with Crippen LogP contribution in [-0.4, -0.2) is 16.0 Å². The maximum Gasteiger partial charge on any atom is 0.275 e. The van der Waals surface area contributed by atoms with E-state index in [0.717, 1.165) is 11.4 Å². The summed E-state index contributed by atoms with van der Waals surface area (Å²) in [6, 6.07) is 9.54. The lowest BCUT2D eigenvalue weighted by Gasteiger charge is -1.90. The van der Waals surface area contributed by atoms with Crippen molar-refractivity contribution in [1.29, 1.82) is 0 Å². The van der Waals surface area contributed by atoms with Gasteiger partial charge >= 0.3 is 0 Å². The number of nitrogens with zero attached hydrogens (tertiary/aromatic N) is 2. The van der Waals surface area contributed by atoms with Gasteiger partial charge in [0.25, 0.3) is 5.56 Å². The van der Waals surface area contributed by atoms with Crippen LogP contribution < -0.4 is 5.56 Å². The molecule has 0 aliphatic carbocycles. The van der Waals surface area contributed by atoms with E-state index in [1.807, 2.05) is 51.1 Å². The summed E-state index contributed by atoms with van der Waals surface area (Å²) in [6.45, 7) is 5.85. The second-order valence-corrected chi connectivity index (χ2v) is 3.61. The Morgan fingerprint density at radius 2 is 1.83 bits per heavy atom. The molecule has 0 bridgehead atoms. The molecule has 0 saturated carbocycles. The number of benzene rings is 1. The molecule has 2 aromatic rings. The lowest BCUT2D eigenvalue weighted by molar-refractivity contribution is 0.731. The van der Waals surface area contributed by atoms with E-state index in [0.29, 0.717) is 5.56 Å². The van der Waals surface area contributed by atoms with Gasteiger partial charge in [0.2, 0.25) is 0 Å². The molecule has 4 heteroatoms. The maximum absolute atomic E-state index is 11.7. The molecule has 0 spiro atoms. The molecule has 0 aliphatic heterocycles. The number of aromatic nitrogens is 2. The molecule has 1 aromatic heterocycles.